The molecular formula is C21H19N3O4S. The zero-order valence-corrected chi connectivity index (χ0v) is 16.8. The quantitative estimate of drug-likeness (QED) is 0.549. The van der Waals surface area contributed by atoms with Crippen molar-refractivity contribution in [3.63, 3.8) is 0 Å². The van der Waals surface area contributed by atoms with Crippen LogP contribution >= 0.6 is 11.3 Å². The topological polar surface area (TPSA) is 86.2 Å². The third-order valence-electron chi connectivity index (χ3n) is 4.78. The van der Waals surface area contributed by atoms with Gasteiger partial charge in [0, 0.05) is 5.69 Å². The summed E-state index contributed by atoms with van der Waals surface area (Å²) in [6.07, 6.45) is 1.49. The summed E-state index contributed by atoms with van der Waals surface area (Å²) in [5.74, 6) is 0.159. The number of amides is 1. The number of thiophene rings is 1. The second-order valence-electron chi connectivity index (χ2n) is 6.79. The molecule has 1 amide bonds. The molecule has 0 radical (unpaired) electrons. The largest absolute Gasteiger partial charge is 0.467 e. The number of rotatable bonds is 5. The number of carbonyl (C=O) groups excluding carboxylic acids is 1. The van der Waals surface area contributed by atoms with Crippen LogP contribution in [0.25, 0.3) is 10.2 Å². The number of fused-ring (bicyclic) bond motifs is 1. The van der Waals surface area contributed by atoms with E-state index in [1.165, 1.54) is 22.2 Å². The summed E-state index contributed by atoms with van der Waals surface area (Å²) < 4.78 is 8.14. The minimum absolute atomic E-state index is 0.0109. The second kappa shape index (κ2) is 7.56. The van der Waals surface area contributed by atoms with Crippen LogP contribution in [0.4, 0.5) is 5.69 Å². The molecule has 3 aromatic heterocycles. The Kier molecular flexibility index (Phi) is 4.94. The summed E-state index contributed by atoms with van der Waals surface area (Å²) in [5, 5.41) is 4.63. The van der Waals surface area contributed by atoms with Crippen molar-refractivity contribution in [2.24, 2.45) is 0 Å². The van der Waals surface area contributed by atoms with Crippen molar-refractivity contribution in [2.75, 3.05) is 5.32 Å². The zero-order valence-electron chi connectivity index (χ0n) is 16.0. The van der Waals surface area contributed by atoms with Gasteiger partial charge in [0.1, 0.15) is 17.0 Å². The van der Waals surface area contributed by atoms with Crippen LogP contribution in [0.5, 0.6) is 0 Å². The fourth-order valence-corrected chi connectivity index (χ4v) is 4.16. The molecule has 3 heterocycles. The number of anilines is 1. The Morgan fingerprint density at radius 2 is 1.83 bits per heavy atom. The van der Waals surface area contributed by atoms with Gasteiger partial charge in [0.05, 0.1) is 18.3 Å². The van der Waals surface area contributed by atoms with Crippen molar-refractivity contribution < 1.29 is 9.21 Å². The number of benzene rings is 1. The molecule has 4 aromatic rings. The Bertz CT molecular complexity index is 1290. The molecule has 7 nitrogen and oxygen atoms in total. The number of aromatic nitrogens is 2. The Morgan fingerprint density at radius 3 is 2.52 bits per heavy atom. The number of nitrogens with zero attached hydrogens (tertiary/aromatic N) is 2. The average Bonchev–Trinajstić information content (AvgIpc) is 3.37. The Labute approximate surface area is 169 Å². The van der Waals surface area contributed by atoms with Crippen LogP contribution in [0.15, 0.2) is 62.0 Å². The fourth-order valence-electron chi connectivity index (χ4n) is 3.32. The van der Waals surface area contributed by atoms with Crippen molar-refractivity contribution >= 4 is 33.1 Å². The van der Waals surface area contributed by atoms with Crippen LogP contribution < -0.4 is 16.6 Å². The molecule has 0 saturated heterocycles. The summed E-state index contributed by atoms with van der Waals surface area (Å²) in [6.45, 7) is 3.64. The molecule has 1 aromatic carbocycles. The van der Waals surface area contributed by atoms with Gasteiger partial charge < -0.3 is 9.73 Å². The monoisotopic (exact) mass is 409 g/mol. The van der Waals surface area contributed by atoms with Gasteiger partial charge in [-0.15, -0.1) is 11.3 Å². The van der Waals surface area contributed by atoms with Crippen molar-refractivity contribution in [3.8, 4) is 0 Å². The predicted molar refractivity (Wildman–Crippen MR) is 113 cm³/mol. The van der Waals surface area contributed by atoms with Gasteiger partial charge in [0.15, 0.2) is 0 Å². The summed E-state index contributed by atoms with van der Waals surface area (Å²) in [6, 6.07) is 10.8. The SMILES string of the molecule is Cc1cccc(C)c1NC(=O)Cn1c(=O)n(Cc2ccco2)c(=O)c2sccc21. The van der Waals surface area contributed by atoms with Gasteiger partial charge in [-0.25, -0.2) is 4.79 Å². The van der Waals surface area contributed by atoms with E-state index in [1.807, 2.05) is 32.0 Å². The van der Waals surface area contributed by atoms with Crippen LogP contribution in [0, 0.1) is 13.8 Å². The van der Waals surface area contributed by atoms with E-state index < -0.39 is 5.69 Å². The van der Waals surface area contributed by atoms with Gasteiger partial charge in [-0.1, -0.05) is 18.2 Å². The molecule has 1 N–H and O–H groups in total. The molecule has 29 heavy (non-hydrogen) atoms. The molecule has 0 aliphatic rings. The number of hydrogen-bond donors (Lipinski definition) is 1. The van der Waals surface area contributed by atoms with E-state index in [4.69, 9.17) is 4.42 Å². The first kappa shape index (κ1) is 18.9. The number of para-hydroxylation sites is 1. The first-order valence-corrected chi connectivity index (χ1v) is 9.93. The summed E-state index contributed by atoms with van der Waals surface area (Å²) in [7, 11) is 0. The standard InChI is InChI=1S/C21H19N3O4S/c1-13-5-3-6-14(2)18(13)22-17(25)12-23-16-8-10-29-19(16)20(26)24(21(23)27)11-15-7-4-9-28-15/h3-10H,11-12H2,1-2H3,(H,22,25). The molecule has 0 unspecified atom stereocenters. The maximum atomic E-state index is 13.1. The number of furan rings is 1. The van der Waals surface area contributed by atoms with Gasteiger partial charge in [-0.05, 0) is 48.6 Å². The lowest BCUT2D eigenvalue weighted by Crippen LogP contribution is -2.41. The molecular weight excluding hydrogens is 390 g/mol. The highest BCUT2D eigenvalue weighted by Crippen LogP contribution is 2.20. The van der Waals surface area contributed by atoms with Gasteiger partial charge in [0.2, 0.25) is 5.91 Å². The van der Waals surface area contributed by atoms with Gasteiger partial charge >= 0.3 is 5.69 Å². The van der Waals surface area contributed by atoms with E-state index in [0.29, 0.717) is 16.0 Å². The Balaban J connectivity index is 1.73. The molecule has 0 spiro atoms. The number of nitrogens with one attached hydrogen (secondary N) is 1. The lowest BCUT2D eigenvalue weighted by molar-refractivity contribution is -0.116. The lowest BCUT2D eigenvalue weighted by atomic mass is 10.1. The first-order chi connectivity index (χ1) is 14.0. The first-order valence-electron chi connectivity index (χ1n) is 9.05. The molecule has 0 aliphatic heterocycles. The average molecular weight is 409 g/mol. The van der Waals surface area contributed by atoms with Gasteiger partial charge in [-0.2, -0.15) is 0 Å². The molecule has 0 atom stereocenters. The molecule has 4 rings (SSSR count). The van der Waals surface area contributed by atoms with Gasteiger partial charge in [-0.3, -0.25) is 18.7 Å². The van der Waals surface area contributed by atoms with Crippen LogP contribution in [0.3, 0.4) is 0 Å². The van der Waals surface area contributed by atoms with Gasteiger partial charge in [0.25, 0.3) is 5.56 Å². The Morgan fingerprint density at radius 1 is 1.07 bits per heavy atom. The highest BCUT2D eigenvalue weighted by molar-refractivity contribution is 7.17. The third-order valence-corrected chi connectivity index (χ3v) is 5.67. The Hall–Kier alpha value is -3.39. The molecule has 0 bridgehead atoms. The predicted octanol–water partition coefficient (Wildman–Crippen LogP) is 3.12. The molecule has 8 heteroatoms. The van der Waals surface area contributed by atoms with Crippen LogP contribution in [0.2, 0.25) is 0 Å². The zero-order chi connectivity index (χ0) is 20.5. The minimum Gasteiger partial charge on any atom is -0.467 e. The van der Waals surface area contributed by atoms with E-state index in [2.05, 4.69) is 5.32 Å². The fraction of sp³-hybridized carbons (Fsp3) is 0.190. The van der Waals surface area contributed by atoms with Crippen molar-refractivity contribution in [1.82, 2.24) is 9.13 Å². The van der Waals surface area contributed by atoms with E-state index in [9.17, 15) is 14.4 Å². The number of carbonyl (C=O) groups is 1. The van der Waals surface area contributed by atoms with E-state index in [0.717, 1.165) is 21.4 Å². The van der Waals surface area contributed by atoms with Crippen LogP contribution in [-0.2, 0) is 17.9 Å². The third kappa shape index (κ3) is 3.54. The van der Waals surface area contributed by atoms with Crippen LogP contribution in [-0.4, -0.2) is 15.0 Å². The minimum atomic E-state index is -0.547. The van der Waals surface area contributed by atoms with E-state index in [1.54, 1.807) is 23.6 Å². The molecule has 0 saturated carbocycles. The van der Waals surface area contributed by atoms with Crippen molar-refractivity contribution in [3.05, 3.63) is 85.8 Å². The normalized spacial score (nSPS) is 11.1. The molecule has 0 aliphatic carbocycles. The lowest BCUT2D eigenvalue weighted by Gasteiger charge is -2.14. The maximum absolute atomic E-state index is 13.1. The summed E-state index contributed by atoms with van der Waals surface area (Å²) in [5.41, 5.74) is 2.13. The van der Waals surface area contributed by atoms with Crippen LogP contribution in [0.1, 0.15) is 16.9 Å². The summed E-state index contributed by atoms with van der Waals surface area (Å²) in [4.78, 5) is 38.6. The summed E-state index contributed by atoms with van der Waals surface area (Å²) >= 11 is 1.24. The highest BCUT2D eigenvalue weighted by Gasteiger charge is 2.18. The maximum Gasteiger partial charge on any atom is 0.332 e. The van der Waals surface area contributed by atoms with E-state index in [-0.39, 0.29) is 24.6 Å². The molecule has 148 valence electrons. The van der Waals surface area contributed by atoms with Crippen molar-refractivity contribution in [2.45, 2.75) is 26.9 Å². The molecule has 0 fully saturated rings. The van der Waals surface area contributed by atoms with E-state index >= 15 is 0 Å². The number of hydrogen-bond acceptors (Lipinski definition) is 5. The number of aryl methyl sites for hydroxylation is 2. The highest BCUT2D eigenvalue weighted by atomic mass is 32.1. The smallest absolute Gasteiger partial charge is 0.332 e. The van der Waals surface area contributed by atoms with Crippen molar-refractivity contribution in [1.29, 1.82) is 0 Å². The second-order valence-corrected chi connectivity index (χ2v) is 7.71.